The fourth-order valence-electron chi connectivity index (χ4n) is 1.62. The summed E-state index contributed by atoms with van der Waals surface area (Å²) in [5.74, 6) is -0.773. The monoisotopic (exact) mass is 317 g/mol. The average molecular weight is 317 g/mol. The second-order valence-electron chi connectivity index (χ2n) is 5.95. The van der Waals surface area contributed by atoms with E-state index in [1.54, 1.807) is 27.7 Å². The van der Waals surface area contributed by atoms with Crippen molar-refractivity contribution >= 4 is 16.0 Å². The Morgan fingerprint density at radius 2 is 2.10 bits per heavy atom. The lowest BCUT2D eigenvalue weighted by molar-refractivity contribution is -0.158. The van der Waals surface area contributed by atoms with E-state index < -0.39 is 27.6 Å². The molecule has 21 heavy (non-hydrogen) atoms. The van der Waals surface area contributed by atoms with E-state index in [9.17, 15) is 13.2 Å². The van der Waals surface area contributed by atoms with E-state index in [1.165, 1.54) is 12.4 Å². The molecule has 0 unspecified atom stereocenters. The van der Waals surface area contributed by atoms with Gasteiger partial charge in [0.1, 0.15) is 16.5 Å². The molecule has 2 atom stereocenters. The lowest BCUT2D eigenvalue weighted by Crippen LogP contribution is -2.47. The summed E-state index contributed by atoms with van der Waals surface area (Å²) in [6.45, 7) is 8.90. The number of sulfonamides is 1. The molecule has 0 spiro atoms. The van der Waals surface area contributed by atoms with E-state index in [2.05, 4.69) is 14.9 Å². The highest BCUT2D eigenvalue weighted by Gasteiger charge is 2.33. The molecule has 0 saturated carbocycles. The van der Waals surface area contributed by atoms with Crippen molar-refractivity contribution in [1.29, 1.82) is 0 Å². The fourth-order valence-corrected chi connectivity index (χ4v) is 2.82. The number of H-pyrrole nitrogens is 1. The second kappa shape index (κ2) is 6.57. The topological polar surface area (TPSA) is 101 Å². The molecule has 1 aromatic heterocycles. The number of nitrogens with one attached hydrogen (secondary N) is 2. The first-order chi connectivity index (χ1) is 9.57. The van der Waals surface area contributed by atoms with Crippen molar-refractivity contribution in [2.75, 3.05) is 0 Å². The van der Waals surface area contributed by atoms with Crippen LogP contribution in [-0.4, -0.2) is 36.2 Å². The van der Waals surface area contributed by atoms with E-state index >= 15 is 0 Å². The Balaban J connectivity index is 2.97. The van der Waals surface area contributed by atoms with Crippen LogP contribution in [0.25, 0.3) is 0 Å². The van der Waals surface area contributed by atoms with Gasteiger partial charge in [-0.25, -0.2) is 8.42 Å². The number of hydrogen-bond donors (Lipinski definition) is 2. The molecule has 0 amide bonds. The number of esters is 1. The van der Waals surface area contributed by atoms with Gasteiger partial charge in [0.2, 0.25) is 10.0 Å². The van der Waals surface area contributed by atoms with Gasteiger partial charge in [0.05, 0.1) is 6.20 Å². The zero-order valence-electron chi connectivity index (χ0n) is 13.0. The number of nitrogens with zero attached hydrogens (tertiary/aromatic N) is 1. The van der Waals surface area contributed by atoms with Gasteiger partial charge in [-0.2, -0.15) is 9.82 Å². The van der Waals surface area contributed by atoms with Gasteiger partial charge in [-0.1, -0.05) is 20.3 Å². The minimum absolute atomic E-state index is 0.0145. The Labute approximate surface area is 125 Å². The summed E-state index contributed by atoms with van der Waals surface area (Å²) < 4.78 is 32.1. The van der Waals surface area contributed by atoms with Gasteiger partial charge in [0.15, 0.2) is 0 Å². The Kier molecular flexibility index (Phi) is 5.52. The molecule has 2 N–H and O–H groups in total. The van der Waals surface area contributed by atoms with Gasteiger partial charge >= 0.3 is 5.97 Å². The van der Waals surface area contributed by atoms with Crippen LogP contribution in [0.15, 0.2) is 17.3 Å². The molecule has 1 aromatic rings. The molecule has 1 rings (SSSR count). The third-order valence-corrected chi connectivity index (χ3v) is 4.35. The summed E-state index contributed by atoms with van der Waals surface area (Å²) in [6, 6.07) is -0.936. The highest BCUT2D eigenvalue weighted by Crippen LogP contribution is 2.17. The van der Waals surface area contributed by atoms with Gasteiger partial charge in [0, 0.05) is 6.20 Å². The van der Waals surface area contributed by atoms with Crippen molar-refractivity contribution in [2.24, 2.45) is 5.92 Å². The normalized spacial score (nSPS) is 15.5. The maximum Gasteiger partial charge on any atom is 0.324 e. The molecule has 0 aliphatic rings. The quantitative estimate of drug-likeness (QED) is 0.773. The maximum absolute atomic E-state index is 12.2. The third-order valence-electron chi connectivity index (χ3n) is 2.94. The van der Waals surface area contributed by atoms with E-state index in [1.807, 2.05) is 6.92 Å². The molecular weight excluding hydrogens is 294 g/mol. The number of aromatic nitrogens is 2. The third kappa shape index (κ3) is 5.13. The second-order valence-corrected chi connectivity index (χ2v) is 7.67. The highest BCUT2D eigenvalue weighted by atomic mass is 32.2. The van der Waals surface area contributed by atoms with Crippen molar-refractivity contribution in [3.8, 4) is 0 Å². The SMILES string of the molecule is CC[C@H](C)[C@H](NS(=O)(=O)c1cn[nH]c1)C(=O)OC(C)(C)C. The first-order valence-corrected chi connectivity index (χ1v) is 8.29. The Hall–Kier alpha value is -1.41. The fraction of sp³-hybridized carbons (Fsp3) is 0.692. The van der Waals surface area contributed by atoms with Crippen LogP contribution < -0.4 is 4.72 Å². The van der Waals surface area contributed by atoms with Crippen LogP contribution >= 0.6 is 0 Å². The molecule has 0 fully saturated rings. The molecule has 0 bridgehead atoms. The van der Waals surface area contributed by atoms with E-state index in [4.69, 9.17) is 4.74 Å². The van der Waals surface area contributed by atoms with Gasteiger partial charge in [-0.3, -0.25) is 9.89 Å². The lowest BCUT2D eigenvalue weighted by Gasteiger charge is -2.27. The average Bonchev–Trinajstić information content (AvgIpc) is 2.87. The van der Waals surface area contributed by atoms with Crippen LogP contribution in [-0.2, 0) is 19.6 Å². The first kappa shape index (κ1) is 17.6. The van der Waals surface area contributed by atoms with E-state index in [-0.39, 0.29) is 10.8 Å². The number of carbonyl (C=O) groups is 1. The molecule has 0 saturated heterocycles. The number of hydrogen-bond acceptors (Lipinski definition) is 5. The molecule has 0 aliphatic heterocycles. The van der Waals surface area contributed by atoms with Gasteiger partial charge < -0.3 is 4.74 Å². The zero-order chi connectivity index (χ0) is 16.3. The van der Waals surface area contributed by atoms with Crippen molar-refractivity contribution in [3.63, 3.8) is 0 Å². The molecule has 7 nitrogen and oxygen atoms in total. The minimum atomic E-state index is -3.82. The number of carbonyl (C=O) groups excluding carboxylic acids is 1. The van der Waals surface area contributed by atoms with Crippen LogP contribution in [0, 0.1) is 5.92 Å². The van der Waals surface area contributed by atoms with Gasteiger partial charge in [0.25, 0.3) is 0 Å². The van der Waals surface area contributed by atoms with Crippen molar-refractivity contribution in [1.82, 2.24) is 14.9 Å². The van der Waals surface area contributed by atoms with Crippen molar-refractivity contribution < 1.29 is 17.9 Å². The van der Waals surface area contributed by atoms with Crippen LogP contribution in [0.3, 0.4) is 0 Å². The maximum atomic E-state index is 12.2. The first-order valence-electron chi connectivity index (χ1n) is 6.81. The predicted molar refractivity (Wildman–Crippen MR) is 78.0 cm³/mol. The Morgan fingerprint density at radius 3 is 2.52 bits per heavy atom. The lowest BCUT2D eigenvalue weighted by atomic mass is 10.00. The Bertz CT molecular complexity index is 561. The van der Waals surface area contributed by atoms with Gasteiger partial charge in [-0.05, 0) is 26.7 Å². The van der Waals surface area contributed by atoms with Crippen molar-refractivity contribution in [2.45, 2.75) is 57.6 Å². The summed E-state index contributed by atoms with van der Waals surface area (Å²) in [7, 11) is -3.82. The highest BCUT2D eigenvalue weighted by molar-refractivity contribution is 7.89. The number of ether oxygens (including phenoxy) is 1. The Morgan fingerprint density at radius 1 is 1.48 bits per heavy atom. The van der Waals surface area contributed by atoms with Crippen LogP contribution in [0.2, 0.25) is 0 Å². The van der Waals surface area contributed by atoms with Crippen LogP contribution in [0.5, 0.6) is 0 Å². The molecule has 0 aromatic carbocycles. The molecular formula is C13H23N3O4S. The summed E-state index contributed by atoms with van der Waals surface area (Å²) in [5.41, 5.74) is -0.677. The molecule has 0 aliphatic carbocycles. The summed E-state index contributed by atoms with van der Waals surface area (Å²) in [6.07, 6.45) is 3.08. The summed E-state index contributed by atoms with van der Waals surface area (Å²) >= 11 is 0. The summed E-state index contributed by atoms with van der Waals surface area (Å²) in [5, 5.41) is 6.04. The minimum Gasteiger partial charge on any atom is -0.459 e. The van der Waals surface area contributed by atoms with Gasteiger partial charge in [-0.15, -0.1) is 0 Å². The number of aromatic amines is 1. The molecule has 1 heterocycles. The van der Waals surface area contributed by atoms with Crippen LogP contribution in [0.1, 0.15) is 41.0 Å². The molecule has 0 radical (unpaired) electrons. The molecule has 120 valence electrons. The summed E-state index contributed by atoms with van der Waals surface area (Å²) in [4.78, 5) is 12.2. The van der Waals surface area contributed by atoms with Crippen molar-refractivity contribution in [3.05, 3.63) is 12.4 Å². The smallest absolute Gasteiger partial charge is 0.324 e. The predicted octanol–water partition coefficient (Wildman–Crippen LogP) is 1.44. The van der Waals surface area contributed by atoms with E-state index in [0.29, 0.717) is 6.42 Å². The van der Waals surface area contributed by atoms with E-state index in [0.717, 1.165) is 0 Å². The zero-order valence-corrected chi connectivity index (χ0v) is 13.8. The standard InChI is InChI=1S/C13H23N3O4S/c1-6-9(2)11(12(17)20-13(3,4)5)16-21(18,19)10-7-14-15-8-10/h7-9,11,16H,6H2,1-5H3,(H,14,15)/t9-,11-/m0/s1. The largest absolute Gasteiger partial charge is 0.459 e. The number of rotatable bonds is 6. The molecule has 8 heteroatoms. The van der Waals surface area contributed by atoms with Crippen LogP contribution in [0.4, 0.5) is 0 Å².